The fraction of sp³-hybridized carbons (Fsp3) is 0.333. The maximum atomic E-state index is 12.6. The van der Waals surface area contributed by atoms with Gasteiger partial charge < -0.3 is 15.2 Å². The van der Waals surface area contributed by atoms with Gasteiger partial charge in [0.15, 0.2) is 0 Å². The monoisotopic (exact) mass is 353 g/mol. The first-order chi connectivity index (χ1) is 12.6. The topological polar surface area (TPSA) is 75.6 Å². The van der Waals surface area contributed by atoms with Crippen LogP contribution in [-0.4, -0.2) is 24.1 Å². The quantitative estimate of drug-likeness (QED) is 0.825. The Kier molecular flexibility index (Phi) is 5.56. The van der Waals surface area contributed by atoms with Crippen LogP contribution < -0.4 is 10.1 Å². The lowest BCUT2D eigenvalue weighted by molar-refractivity contribution is -0.120. The zero-order valence-corrected chi connectivity index (χ0v) is 14.8. The van der Waals surface area contributed by atoms with Crippen molar-refractivity contribution in [3.05, 3.63) is 48.0 Å². The molecule has 3 rings (SSSR count). The molecule has 1 aliphatic carbocycles. The zero-order chi connectivity index (χ0) is 18.5. The van der Waals surface area contributed by atoms with Gasteiger partial charge in [0.25, 0.3) is 0 Å². The Balaban J connectivity index is 1.94. The lowest BCUT2D eigenvalue weighted by atomic mass is 9.88. The van der Waals surface area contributed by atoms with Crippen molar-refractivity contribution in [3.63, 3.8) is 0 Å². The number of rotatable bonds is 5. The van der Waals surface area contributed by atoms with Crippen LogP contribution in [0, 0.1) is 5.92 Å². The number of para-hydroxylation sites is 1. The van der Waals surface area contributed by atoms with Gasteiger partial charge >= 0.3 is 5.97 Å². The summed E-state index contributed by atoms with van der Waals surface area (Å²) < 4.78 is 5.39. The number of carbonyl (C=O) groups is 2. The number of methoxy groups -OCH3 is 1. The fourth-order valence-electron chi connectivity index (χ4n) is 3.48. The van der Waals surface area contributed by atoms with Gasteiger partial charge in [-0.25, -0.2) is 4.79 Å². The molecule has 2 N–H and O–H groups in total. The molecule has 1 aliphatic rings. The first-order valence-corrected chi connectivity index (χ1v) is 8.91. The van der Waals surface area contributed by atoms with E-state index in [4.69, 9.17) is 4.74 Å². The maximum absolute atomic E-state index is 12.6. The third-order valence-electron chi connectivity index (χ3n) is 4.90. The van der Waals surface area contributed by atoms with E-state index in [0.29, 0.717) is 11.4 Å². The second-order valence-corrected chi connectivity index (χ2v) is 6.59. The van der Waals surface area contributed by atoms with Crippen LogP contribution >= 0.6 is 0 Å². The highest BCUT2D eigenvalue weighted by atomic mass is 16.5. The normalized spacial score (nSPS) is 14.7. The Morgan fingerprint density at radius 2 is 1.81 bits per heavy atom. The van der Waals surface area contributed by atoms with Crippen molar-refractivity contribution in [2.24, 2.45) is 5.92 Å². The van der Waals surface area contributed by atoms with Crippen LogP contribution in [0.15, 0.2) is 42.5 Å². The van der Waals surface area contributed by atoms with Gasteiger partial charge in [-0.05, 0) is 36.6 Å². The van der Waals surface area contributed by atoms with E-state index in [2.05, 4.69) is 5.32 Å². The van der Waals surface area contributed by atoms with Crippen molar-refractivity contribution >= 4 is 17.6 Å². The Bertz CT molecular complexity index is 809. The summed E-state index contributed by atoms with van der Waals surface area (Å²) in [5.41, 5.74) is 2.07. The molecule has 136 valence electrons. The van der Waals surface area contributed by atoms with Gasteiger partial charge in [-0.1, -0.05) is 43.5 Å². The van der Waals surface area contributed by atoms with Crippen LogP contribution in [-0.2, 0) is 4.79 Å². The van der Waals surface area contributed by atoms with Crippen molar-refractivity contribution in [1.82, 2.24) is 0 Å². The van der Waals surface area contributed by atoms with Crippen LogP contribution in [0.1, 0.15) is 42.5 Å². The van der Waals surface area contributed by atoms with Gasteiger partial charge in [0, 0.05) is 11.5 Å². The predicted octanol–water partition coefficient (Wildman–Crippen LogP) is 4.58. The average Bonchev–Trinajstić information content (AvgIpc) is 2.68. The molecule has 2 aromatic carbocycles. The number of ether oxygens (including phenoxy) is 1. The minimum Gasteiger partial charge on any atom is -0.496 e. The van der Waals surface area contributed by atoms with E-state index in [1.165, 1.54) is 6.07 Å². The summed E-state index contributed by atoms with van der Waals surface area (Å²) in [6.45, 7) is 0. The SMILES string of the molecule is COc1ccccc1-c1ccc(C(=O)O)c(NC(=O)C2CCCCC2)c1. The van der Waals surface area contributed by atoms with Gasteiger partial charge in [0.05, 0.1) is 18.4 Å². The van der Waals surface area contributed by atoms with Crippen LogP contribution in [0.4, 0.5) is 5.69 Å². The number of hydrogen-bond donors (Lipinski definition) is 2. The summed E-state index contributed by atoms with van der Waals surface area (Å²) in [6.07, 6.45) is 4.98. The van der Waals surface area contributed by atoms with Crippen molar-refractivity contribution in [2.75, 3.05) is 12.4 Å². The molecule has 0 saturated heterocycles. The molecular weight excluding hydrogens is 330 g/mol. The highest BCUT2D eigenvalue weighted by molar-refractivity contribution is 6.02. The Morgan fingerprint density at radius 1 is 1.08 bits per heavy atom. The Hall–Kier alpha value is -2.82. The molecular formula is C21H23NO4. The molecule has 0 atom stereocenters. The van der Waals surface area contributed by atoms with E-state index in [0.717, 1.165) is 43.2 Å². The predicted molar refractivity (Wildman–Crippen MR) is 101 cm³/mol. The molecule has 5 heteroatoms. The maximum Gasteiger partial charge on any atom is 0.337 e. The molecule has 0 heterocycles. The number of carboxylic acid groups (broad SMARTS) is 1. The molecule has 0 radical (unpaired) electrons. The van der Waals surface area contributed by atoms with Crippen LogP contribution in [0.3, 0.4) is 0 Å². The second-order valence-electron chi connectivity index (χ2n) is 6.59. The van der Waals surface area contributed by atoms with E-state index in [1.54, 1.807) is 19.2 Å². The average molecular weight is 353 g/mol. The molecule has 0 bridgehead atoms. The molecule has 2 aromatic rings. The summed E-state index contributed by atoms with van der Waals surface area (Å²) in [5, 5.41) is 12.3. The van der Waals surface area contributed by atoms with Gasteiger partial charge in [0.2, 0.25) is 5.91 Å². The van der Waals surface area contributed by atoms with Gasteiger partial charge in [-0.2, -0.15) is 0 Å². The molecule has 0 spiro atoms. The van der Waals surface area contributed by atoms with Crippen LogP contribution in [0.2, 0.25) is 0 Å². The first kappa shape index (κ1) is 18.0. The zero-order valence-electron chi connectivity index (χ0n) is 14.8. The molecule has 5 nitrogen and oxygen atoms in total. The first-order valence-electron chi connectivity index (χ1n) is 8.91. The number of carbonyl (C=O) groups excluding carboxylic acids is 1. The summed E-state index contributed by atoms with van der Waals surface area (Å²) in [4.78, 5) is 24.2. The molecule has 1 fully saturated rings. The van der Waals surface area contributed by atoms with Crippen LogP contribution in [0.5, 0.6) is 5.75 Å². The van der Waals surface area contributed by atoms with Crippen molar-refractivity contribution in [1.29, 1.82) is 0 Å². The summed E-state index contributed by atoms with van der Waals surface area (Å²) in [7, 11) is 1.59. The third-order valence-corrected chi connectivity index (χ3v) is 4.90. The van der Waals surface area contributed by atoms with Gasteiger partial charge in [-0.15, -0.1) is 0 Å². The smallest absolute Gasteiger partial charge is 0.337 e. The number of hydrogen-bond acceptors (Lipinski definition) is 3. The fourth-order valence-corrected chi connectivity index (χ4v) is 3.48. The molecule has 26 heavy (non-hydrogen) atoms. The number of benzene rings is 2. The van der Waals surface area contributed by atoms with E-state index in [9.17, 15) is 14.7 Å². The van der Waals surface area contributed by atoms with Crippen molar-refractivity contribution < 1.29 is 19.4 Å². The number of anilines is 1. The van der Waals surface area contributed by atoms with Crippen molar-refractivity contribution in [2.45, 2.75) is 32.1 Å². The number of amides is 1. The number of aromatic carboxylic acids is 1. The Labute approximate surface area is 153 Å². The van der Waals surface area contributed by atoms with Gasteiger partial charge in [-0.3, -0.25) is 4.79 Å². The highest BCUT2D eigenvalue weighted by Crippen LogP contribution is 2.33. The highest BCUT2D eigenvalue weighted by Gasteiger charge is 2.23. The lowest BCUT2D eigenvalue weighted by Crippen LogP contribution is -2.25. The molecule has 0 unspecified atom stereocenters. The summed E-state index contributed by atoms with van der Waals surface area (Å²) >= 11 is 0. The van der Waals surface area contributed by atoms with E-state index in [1.807, 2.05) is 24.3 Å². The number of carboxylic acids is 1. The third kappa shape index (κ3) is 3.87. The van der Waals surface area contributed by atoms with E-state index >= 15 is 0 Å². The minimum absolute atomic E-state index is 0.0414. The minimum atomic E-state index is -1.06. The van der Waals surface area contributed by atoms with Crippen molar-refractivity contribution in [3.8, 4) is 16.9 Å². The lowest BCUT2D eigenvalue weighted by Gasteiger charge is -2.21. The second kappa shape index (κ2) is 8.04. The molecule has 0 aliphatic heterocycles. The summed E-state index contributed by atoms with van der Waals surface area (Å²) in [5.74, 6) is -0.500. The van der Waals surface area contributed by atoms with E-state index in [-0.39, 0.29) is 17.4 Å². The molecule has 1 amide bonds. The standard InChI is InChI=1S/C21H23NO4/c1-26-19-10-6-5-9-16(19)15-11-12-17(21(24)25)18(13-15)22-20(23)14-7-3-2-4-8-14/h5-6,9-14H,2-4,7-8H2,1H3,(H,22,23)(H,24,25). The van der Waals surface area contributed by atoms with E-state index < -0.39 is 5.97 Å². The molecule has 0 aromatic heterocycles. The van der Waals surface area contributed by atoms with Gasteiger partial charge in [0.1, 0.15) is 5.75 Å². The Morgan fingerprint density at radius 3 is 2.50 bits per heavy atom. The largest absolute Gasteiger partial charge is 0.496 e. The summed E-state index contributed by atoms with van der Waals surface area (Å²) in [6, 6.07) is 12.5. The number of nitrogens with one attached hydrogen (secondary N) is 1. The molecule has 1 saturated carbocycles. The van der Waals surface area contributed by atoms with Crippen LogP contribution in [0.25, 0.3) is 11.1 Å².